The number of nitrogens with zero attached hydrogens (tertiary/aromatic N) is 1. The van der Waals surface area contributed by atoms with Crippen LogP contribution in [0.2, 0.25) is 0 Å². The van der Waals surface area contributed by atoms with Crippen molar-refractivity contribution in [2.24, 2.45) is 5.73 Å². The summed E-state index contributed by atoms with van der Waals surface area (Å²) in [7, 11) is 0. The van der Waals surface area contributed by atoms with Gasteiger partial charge in [0.2, 0.25) is 0 Å². The van der Waals surface area contributed by atoms with E-state index in [1.807, 2.05) is 0 Å². The van der Waals surface area contributed by atoms with Gasteiger partial charge < -0.3 is 5.73 Å². The molecule has 1 heterocycles. The normalized spacial score (nSPS) is 26.5. The number of aromatic amines is 1. The highest BCUT2D eigenvalue weighted by Crippen LogP contribution is 2.25. The first-order chi connectivity index (χ1) is 7.18. The van der Waals surface area contributed by atoms with E-state index in [-0.39, 0.29) is 23.3 Å². The number of hydrogen-bond donors (Lipinski definition) is 2. The molecule has 0 aliphatic heterocycles. The van der Waals surface area contributed by atoms with E-state index < -0.39 is 0 Å². The topological polar surface area (TPSA) is 80.9 Å². The zero-order valence-electron chi connectivity index (χ0n) is 8.48. The molecule has 1 saturated carbocycles. The molecule has 0 spiro atoms. The number of hydrogen-bond acceptors (Lipinski definition) is 3. The third kappa shape index (κ3) is 2.02. The van der Waals surface area contributed by atoms with E-state index >= 15 is 0 Å². The van der Waals surface area contributed by atoms with Gasteiger partial charge in [-0.05, 0) is 12.8 Å². The molecule has 3 N–H and O–H groups in total. The summed E-state index contributed by atoms with van der Waals surface area (Å²) in [6, 6.07) is 1.41. The number of nitrogens with one attached hydrogen (secondary N) is 1. The molecule has 0 amide bonds. The summed E-state index contributed by atoms with van der Waals surface area (Å²) in [6.45, 7) is 0. The number of rotatable bonds is 1. The molecular formula is C10H15N3O2. The Balaban J connectivity index is 2.36. The monoisotopic (exact) mass is 209 g/mol. The molecule has 0 unspecified atom stereocenters. The predicted molar refractivity (Wildman–Crippen MR) is 56.8 cm³/mol. The van der Waals surface area contributed by atoms with Crippen LogP contribution in [0.25, 0.3) is 0 Å². The molecule has 0 radical (unpaired) electrons. The Morgan fingerprint density at radius 2 is 2.07 bits per heavy atom. The minimum atomic E-state index is -0.361. The van der Waals surface area contributed by atoms with Crippen molar-refractivity contribution in [1.82, 2.24) is 9.55 Å². The fourth-order valence-electron chi connectivity index (χ4n) is 2.17. The van der Waals surface area contributed by atoms with Crippen LogP contribution in [0.5, 0.6) is 0 Å². The van der Waals surface area contributed by atoms with Crippen LogP contribution < -0.4 is 17.0 Å². The Hall–Kier alpha value is -1.36. The minimum absolute atomic E-state index is 0.0161. The summed E-state index contributed by atoms with van der Waals surface area (Å²) in [5.74, 6) is 0. The van der Waals surface area contributed by atoms with E-state index in [1.165, 1.54) is 12.3 Å². The first-order valence-electron chi connectivity index (χ1n) is 5.25. The summed E-state index contributed by atoms with van der Waals surface area (Å²) in [5.41, 5.74) is 5.25. The van der Waals surface area contributed by atoms with Crippen LogP contribution in [0.4, 0.5) is 0 Å². The Kier molecular flexibility index (Phi) is 2.73. The molecule has 2 atom stereocenters. The van der Waals surface area contributed by atoms with E-state index in [1.54, 1.807) is 4.57 Å². The molecule has 1 fully saturated rings. The van der Waals surface area contributed by atoms with Crippen LogP contribution in [0.15, 0.2) is 21.9 Å². The Bertz CT molecular complexity index is 448. The summed E-state index contributed by atoms with van der Waals surface area (Å²) in [5, 5.41) is 0. The van der Waals surface area contributed by atoms with Gasteiger partial charge in [0.1, 0.15) is 0 Å². The average molecular weight is 209 g/mol. The summed E-state index contributed by atoms with van der Waals surface area (Å²) < 4.78 is 1.55. The number of H-pyrrole nitrogens is 1. The highest BCUT2D eigenvalue weighted by Gasteiger charge is 2.23. The zero-order valence-corrected chi connectivity index (χ0v) is 8.48. The fourth-order valence-corrected chi connectivity index (χ4v) is 2.17. The number of nitrogens with two attached hydrogens (primary N) is 1. The van der Waals surface area contributed by atoms with Gasteiger partial charge in [-0.15, -0.1) is 0 Å². The van der Waals surface area contributed by atoms with Gasteiger partial charge in [0, 0.05) is 18.3 Å². The lowest BCUT2D eigenvalue weighted by Crippen LogP contribution is -2.41. The third-order valence-corrected chi connectivity index (χ3v) is 2.99. The maximum atomic E-state index is 11.5. The van der Waals surface area contributed by atoms with Gasteiger partial charge in [0.25, 0.3) is 5.56 Å². The van der Waals surface area contributed by atoms with Gasteiger partial charge in [0.05, 0.1) is 6.04 Å². The minimum Gasteiger partial charge on any atom is -0.326 e. The molecule has 1 aromatic rings. The lowest BCUT2D eigenvalue weighted by atomic mass is 9.91. The van der Waals surface area contributed by atoms with Crippen molar-refractivity contribution >= 4 is 0 Å². The molecule has 5 nitrogen and oxygen atoms in total. The first-order valence-corrected chi connectivity index (χ1v) is 5.25. The Labute approximate surface area is 86.9 Å². The highest BCUT2D eigenvalue weighted by molar-refractivity contribution is 4.90. The smallest absolute Gasteiger partial charge is 0.326 e. The van der Waals surface area contributed by atoms with Gasteiger partial charge in [0.15, 0.2) is 0 Å². The zero-order chi connectivity index (χ0) is 10.8. The maximum Gasteiger partial charge on any atom is 0.328 e. The van der Waals surface area contributed by atoms with Crippen LogP contribution in [-0.2, 0) is 0 Å². The summed E-state index contributed by atoms with van der Waals surface area (Å²) in [4.78, 5) is 24.7. The van der Waals surface area contributed by atoms with Crippen LogP contribution in [-0.4, -0.2) is 15.6 Å². The standard InChI is InChI=1S/C10H15N3O2/c11-7-3-1-2-4-8(7)13-6-5-9(14)12-10(13)15/h5-8H,1-4,11H2,(H,12,14,15)/t7-,8+/m1/s1. The van der Waals surface area contributed by atoms with E-state index in [0.717, 1.165) is 25.7 Å². The molecule has 5 heteroatoms. The van der Waals surface area contributed by atoms with Crippen molar-refractivity contribution in [2.75, 3.05) is 0 Å². The molecule has 15 heavy (non-hydrogen) atoms. The quantitative estimate of drug-likeness (QED) is 0.682. The van der Waals surface area contributed by atoms with E-state index in [2.05, 4.69) is 4.98 Å². The molecule has 1 aromatic heterocycles. The van der Waals surface area contributed by atoms with Gasteiger partial charge in [-0.2, -0.15) is 0 Å². The average Bonchev–Trinajstić information content (AvgIpc) is 2.20. The largest absolute Gasteiger partial charge is 0.328 e. The van der Waals surface area contributed by atoms with Crippen LogP contribution in [0, 0.1) is 0 Å². The van der Waals surface area contributed by atoms with Crippen molar-refractivity contribution in [2.45, 2.75) is 37.8 Å². The summed E-state index contributed by atoms with van der Waals surface area (Å²) in [6.07, 6.45) is 5.60. The van der Waals surface area contributed by atoms with Gasteiger partial charge in [-0.1, -0.05) is 12.8 Å². The van der Waals surface area contributed by atoms with Crippen molar-refractivity contribution in [3.8, 4) is 0 Å². The molecule has 1 aliphatic carbocycles. The van der Waals surface area contributed by atoms with Crippen molar-refractivity contribution in [3.05, 3.63) is 33.1 Å². The maximum absolute atomic E-state index is 11.5. The lowest BCUT2D eigenvalue weighted by molar-refractivity contribution is 0.297. The fraction of sp³-hybridized carbons (Fsp3) is 0.600. The lowest BCUT2D eigenvalue weighted by Gasteiger charge is -2.29. The van der Waals surface area contributed by atoms with Crippen molar-refractivity contribution in [3.63, 3.8) is 0 Å². The van der Waals surface area contributed by atoms with Gasteiger partial charge in [-0.3, -0.25) is 14.3 Å². The highest BCUT2D eigenvalue weighted by atomic mass is 16.2. The second-order valence-electron chi connectivity index (χ2n) is 4.03. The molecule has 1 aliphatic rings. The molecule has 0 aromatic carbocycles. The Morgan fingerprint density at radius 1 is 1.33 bits per heavy atom. The second-order valence-corrected chi connectivity index (χ2v) is 4.03. The molecular weight excluding hydrogens is 194 g/mol. The van der Waals surface area contributed by atoms with Crippen LogP contribution >= 0.6 is 0 Å². The molecule has 2 rings (SSSR count). The van der Waals surface area contributed by atoms with E-state index in [4.69, 9.17) is 5.73 Å². The Morgan fingerprint density at radius 3 is 2.73 bits per heavy atom. The van der Waals surface area contributed by atoms with Gasteiger partial charge in [-0.25, -0.2) is 4.79 Å². The van der Waals surface area contributed by atoms with Crippen LogP contribution in [0.3, 0.4) is 0 Å². The third-order valence-electron chi connectivity index (χ3n) is 2.99. The first kappa shape index (κ1) is 10.2. The van der Waals surface area contributed by atoms with Crippen molar-refractivity contribution < 1.29 is 0 Å². The SMILES string of the molecule is N[C@@H]1CCCC[C@@H]1n1ccc(=O)[nH]c1=O. The molecule has 82 valence electrons. The predicted octanol–water partition coefficient (Wildman–Crippen LogP) is -0.0210. The van der Waals surface area contributed by atoms with Gasteiger partial charge >= 0.3 is 5.69 Å². The molecule has 0 bridgehead atoms. The van der Waals surface area contributed by atoms with E-state index in [9.17, 15) is 9.59 Å². The van der Waals surface area contributed by atoms with E-state index in [0.29, 0.717) is 0 Å². The molecule has 0 saturated heterocycles. The second kappa shape index (κ2) is 4.02. The van der Waals surface area contributed by atoms with Crippen molar-refractivity contribution in [1.29, 1.82) is 0 Å². The summed E-state index contributed by atoms with van der Waals surface area (Å²) >= 11 is 0. The van der Waals surface area contributed by atoms with Crippen LogP contribution in [0.1, 0.15) is 31.7 Å². The number of aromatic nitrogens is 2.